The first-order valence-corrected chi connectivity index (χ1v) is 7.92. The van der Waals surface area contributed by atoms with Gasteiger partial charge in [0.05, 0.1) is 5.25 Å². The average Bonchev–Trinajstić information content (AvgIpc) is 2.44. The van der Waals surface area contributed by atoms with Crippen molar-refractivity contribution in [3.63, 3.8) is 0 Å². The van der Waals surface area contributed by atoms with Crippen molar-refractivity contribution >= 4 is 50.5 Å². The van der Waals surface area contributed by atoms with Crippen molar-refractivity contribution in [2.45, 2.75) is 18.6 Å². The molecular weight excluding hydrogens is 374 g/mol. The zero-order chi connectivity index (χ0) is 16.7. The van der Waals surface area contributed by atoms with Gasteiger partial charge < -0.3 is 10.4 Å². The van der Waals surface area contributed by atoms with Crippen molar-refractivity contribution in [2.24, 2.45) is 0 Å². The maximum Gasteiger partial charge on any atom is 0.322 e. The summed E-state index contributed by atoms with van der Waals surface area (Å²) in [6.45, 7) is 0.782. The molecule has 0 bridgehead atoms. The molecule has 1 atom stereocenters. The van der Waals surface area contributed by atoms with E-state index < -0.39 is 23.7 Å². The van der Waals surface area contributed by atoms with Gasteiger partial charge in [-0.2, -0.15) is 0 Å². The van der Waals surface area contributed by atoms with Gasteiger partial charge in [0.2, 0.25) is 5.91 Å². The fraction of sp³-hybridized carbons (Fsp3) is 0.286. The Morgan fingerprint density at radius 2 is 1.82 bits per heavy atom. The molecule has 0 saturated carbocycles. The Labute approximate surface area is 139 Å². The van der Waals surface area contributed by atoms with Crippen LogP contribution in [0.1, 0.15) is 23.7 Å². The number of carbonyl (C=O) groups is 4. The molecule has 1 aromatic carbocycles. The highest BCUT2D eigenvalue weighted by atomic mass is 79.9. The van der Waals surface area contributed by atoms with Crippen molar-refractivity contribution in [1.29, 1.82) is 0 Å². The lowest BCUT2D eigenvalue weighted by Crippen LogP contribution is -2.33. The van der Waals surface area contributed by atoms with Gasteiger partial charge in [-0.15, -0.1) is 0 Å². The number of amides is 1. The third-order valence-corrected chi connectivity index (χ3v) is 4.06. The molecule has 0 fully saturated rings. The zero-order valence-corrected chi connectivity index (χ0v) is 14.1. The first-order valence-electron chi connectivity index (χ1n) is 6.25. The van der Waals surface area contributed by atoms with E-state index in [1.165, 1.54) is 6.92 Å². The van der Waals surface area contributed by atoms with Crippen LogP contribution in [0, 0.1) is 0 Å². The Hall–Kier alpha value is -1.67. The number of carbonyl (C=O) groups excluding carboxylic acids is 3. The summed E-state index contributed by atoms with van der Waals surface area (Å²) in [6, 6.07) is 6.56. The summed E-state index contributed by atoms with van der Waals surface area (Å²) in [4.78, 5) is 45.7. The number of benzene rings is 1. The number of ketones is 1. The van der Waals surface area contributed by atoms with Gasteiger partial charge in [-0.05, 0) is 12.1 Å². The molecule has 0 spiro atoms. The van der Waals surface area contributed by atoms with Crippen LogP contribution in [0.3, 0.4) is 0 Å². The molecule has 0 aliphatic heterocycles. The number of carboxylic acid groups (broad SMARTS) is 1. The smallest absolute Gasteiger partial charge is 0.322 e. The van der Waals surface area contributed by atoms with E-state index in [0.29, 0.717) is 5.56 Å². The van der Waals surface area contributed by atoms with E-state index in [4.69, 9.17) is 5.11 Å². The van der Waals surface area contributed by atoms with Gasteiger partial charge in [0.15, 0.2) is 10.9 Å². The van der Waals surface area contributed by atoms with Crippen molar-refractivity contribution in [2.75, 3.05) is 6.54 Å². The van der Waals surface area contributed by atoms with Crippen molar-refractivity contribution in [3.05, 3.63) is 34.3 Å². The van der Waals surface area contributed by atoms with Crippen molar-refractivity contribution in [3.8, 4) is 0 Å². The largest absolute Gasteiger partial charge is 0.480 e. The minimum absolute atomic E-state index is 0.258. The van der Waals surface area contributed by atoms with Crippen LogP contribution >= 0.6 is 27.7 Å². The summed E-state index contributed by atoms with van der Waals surface area (Å²) >= 11 is 4.02. The lowest BCUT2D eigenvalue weighted by molar-refractivity contribution is -0.137. The van der Waals surface area contributed by atoms with E-state index in [1.54, 1.807) is 24.3 Å². The standard InChI is InChI=1S/C14H14BrNO5S/c1-8(17)22-11(6-12(18)16-7-13(19)20)14(21)9-2-4-10(15)5-3-9/h2-5,11H,6-7H2,1H3,(H,16,18)(H,19,20). The Kier molecular flexibility index (Phi) is 7.26. The molecule has 1 aromatic rings. The van der Waals surface area contributed by atoms with E-state index in [-0.39, 0.29) is 17.3 Å². The normalized spacial score (nSPS) is 11.5. The first kappa shape index (κ1) is 18.4. The second kappa shape index (κ2) is 8.70. The number of thioether (sulfide) groups is 1. The summed E-state index contributed by atoms with van der Waals surface area (Å²) in [5.41, 5.74) is 0.382. The summed E-state index contributed by atoms with van der Waals surface area (Å²) in [7, 11) is 0. The van der Waals surface area contributed by atoms with Crippen LogP contribution in [0.5, 0.6) is 0 Å². The Balaban J connectivity index is 2.80. The van der Waals surface area contributed by atoms with E-state index in [1.807, 2.05) is 0 Å². The summed E-state index contributed by atoms with van der Waals surface area (Å²) in [5.74, 6) is -2.12. The molecule has 1 rings (SSSR count). The van der Waals surface area contributed by atoms with Gasteiger partial charge in [-0.25, -0.2) is 0 Å². The van der Waals surface area contributed by atoms with Crippen LogP contribution < -0.4 is 5.32 Å². The molecule has 8 heteroatoms. The number of Topliss-reactive ketones (excluding diaryl/α,β-unsaturated/α-hetero) is 1. The van der Waals surface area contributed by atoms with Crippen LogP contribution in [0.15, 0.2) is 28.7 Å². The third-order valence-electron chi connectivity index (χ3n) is 2.54. The number of nitrogens with one attached hydrogen (secondary N) is 1. The van der Waals surface area contributed by atoms with Crippen LogP contribution in [0.4, 0.5) is 0 Å². The monoisotopic (exact) mass is 387 g/mol. The fourth-order valence-electron chi connectivity index (χ4n) is 1.60. The molecule has 6 nitrogen and oxygen atoms in total. The molecule has 118 valence electrons. The minimum atomic E-state index is -1.18. The molecular formula is C14H14BrNO5S. The van der Waals surface area contributed by atoms with Crippen LogP contribution in [0.25, 0.3) is 0 Å². The van der Waals surface area contributed by atoms with Gasteiger partial charge >= 0.3 is 5.97 Å². The molecule has 1 amide bonds. The fourth-order valence-corrected chi connectivity index (χ4v) is 2.75. The molecule has 1 unspecified atom stereocenters. The topological polar surface area (TPSA) is 101 Å². The number of carboxylic acids is 1. The van der Waals surface area contributed by atoms with E-state index >= 15 is 0 Å². The summed E-state index contributed by atoms with van der Waals surface area (Å²) < 4.78 is 0.805. The Morgan fingerprint density at radius 3 is 2.32 bits per heavy atom. The van der Waals surface area contributed by atoms with E-state index in [2.05, 4.69) is 21.2 Å². The summed E-state index contributed by atoms with van der Waals surface area (Å²) in [5, 5.41) is 9.52. The molecule has 22 heavy (non-hydrogen) atoms. The van der Waals surface area contributed by atoms with Crippen molar-refractivity contribution in [1.82, 2.24) is 5.32 Å². The minimum Gasteiger partial charge on any atom is -0.480 e. The SMILES string of the molecule is CC(=O)SC(CC(=O)NCC(=O)O)C(=O)c1ccc(Br)cc1. The molecule has 0 aromatic heterocycles. The molecule has 0 aliphatic carbocycles. The van der Waals surface area contributed by atoms with Gasteiger partial charge in [-0.1, -0.05) is 39.8 Å². The van der Waals surface area contributed by atoms with Crippen LogP contribution in [-0.2, 0) is 14.4 Å². The molecule has 0 heterocycles. The first-order chi connectivity index (χ1) is 10.3. The van der Waals surface area contributed by atoms with Gasteiger partial charge in [0, 0.05) is 23.4 Å². The van der Waals surface area contributed by atoms with E-state index in [9.17, 15) is 19.2 Å². The maximum atomic E-state index is 12.4. The summed E-state index contributed by atoms with van der Waals surface area (Å²) in [6.07, 6.45) is -0.258. The third kappa shape index (κ3) is 6.40. The number of halogens is 1. The maximum absolute atomic E-state index is 12.4. The van der Waals surface area contributed by atoms with Crippen molar-refractivity contribution < 1.29 is 24.3 Å². The Morgan fingerprint density at radius 1 is 1.23 bits per heavy atom. The highest BCUT2D eigenvalue weighted by molar-refractivity contribution is 9.10. The number of aliphatic carboxylic acids is 1. The second-order valence-corrected chi connectivity index (χ2v) is 6.64. The highest BCUT2D eigenvalue weighted by Gasteiger charge is 2.25. The quantitative estimate of drug-likeness (QED) is 0.692. The van der Waals surface area contributed by atoms with E-state index in [0.717, 1.165) is 16.2 Å². The van der Waals surface area contributed by atoms with Gasteiger partial charge in [-0.3, -0.25) is 19.2 Å². The number of hydrogen-bond donors (Lipinski definition) is 2. The van der Waals surface area contributed by atoms with Crippen LogP contribution in [0.2, 0.25) is 0 Å². The predicted octanol–water partition coefficient (Wildman–Crippen LogP) is 1.87. The highest BCUT2D eigenvalue weighted by Crippen LogP contribution is 2.22. The van der Waals surface area contributed by atoms with Gasteiger partial charge in [0.1, 0.15) is 6.54 Å². The zero-order valence-electron chi connectivity index (χ0n) is 11.7. The average molecular weight is 388 g/mol. The molecule has 0 radical (unpaired) electrons. The second-order valence-electron chi connectivity index (χ2n) is 4.34. The van der Waals surface area contributed by atoms with Crippen LogP contribution in [-0.4, -0.2) is 39.7 Å². The molecule has 0 saturated heterocycles. The molecule has 2 N–H and O–H groups in total. The molecule has 0 aliphatic rings. The lowest BCUT2D eigenvalue weighted by atomic mass is 10.1. The predicted molar refractivity (Wildman–Crippen MR) is 85.8 cm³/mol. The number of hydrogen-bond acceptors (Lipinski definition) is 5. The number of rotatable bonds is 7. The van der Waals surface area contributed by atoms with Gasteiger partial charge in [0.25, 0.3) is 0 Å². The lowest BCUT2D eigenvalue weighted by Gasteiger charge is -2.13. The Bertz CT molecular complexity index is 587.